The molecule has 0 aliphatic heterocycles. The first-order valence-electron chi connectivity index (χ1n) is 19.6. The second-order valence-electron chi connectivity index (χ2n) is 14.7. The van der Waals surface area contributed by atoms with Gasteiger partial charge in [0, 0.05) is 47.7 Å². The predicted octanol–water partition coefficient (Wildman–Crippen LogP) is 9.13. The summed E-state index contributed by atoms with van der Waals surface area (Å²) in [5.41, 5.74) is 5.71. The van der Waals surface area contributed by atoms with Gasteiger partial charge in [0.2, 0.25) is 0 Å². The van der Waals surface area contributed by atoms with Gasteiger partial charge >= 0.3 is 12.1 Å². The van der Waals surface area contributed by atoms with Crippen molar-refractivity contribution in [1.29, 1.82) is 0 Å². The van der Waals surface area contributed by atoms with Crippen molar-refractivity contribution < 1.29 is 33.3 Å². The number of aromatic amines is 1. The van der Waals surface area contributed by atoms with Crippen LogP contribution in [0.15, 0.2) is 97.6 Å². The quantitative estimate of drug-likeness (QED) is 0.0417. The highest BCUT2D eigenvalue weighted by Crippen LogP contribution is 2.37. The smallest absolute Gasteiger partial charge is 0.407 e. The summed E-state index contributed by atoms with van der Waals surface area (Å²) >= 11 is 0. The topological polar surface area (TPSA) is 138 Å². The fourth-order valence-electron chi connectivity index (χ4n) is 6.81. The lowest BCUT2D eigenvalue weighted by Crippen LogP contribution is -2.34. The third-order valence-corrected chi connectivity index (χ3v) is 9.33. The molecule has 0 spiro atoms. The number of nitrogens with zero attached hydrogens (tertiary/aromatic N) is 2. The van der Waals surface area contributed by atoms with Crippen LogP contribution >= 0.6 is 0 Å². The third kappa shape index (κ3) is 10.4. The number of carbonyl (C=O) groups is 2. The van der Waals surface area contributed by atoms with Crippen LogP contribution in [0.3, 0.4) is 0 Å². The Morgan fingerprint density at radius 1 is 0.914 bits per heavy atom. The number of rotatable bonds is 19. The molecule has 0 saturated heterocycles. The maximum atomic E-state index is 13.4. The minimum Gasteiger partial charge on any atom is -0.493 e. The molecule has 0 aliphatic rings. The highest BCUT2D eigenvalue weighted by Gasteiger charge is 2.25. The molecule has 58 heavy (non-hydrogen) atoms. The van der Waals surface area contributed by atoms with Crippen LogP contribution < -0.4 is 20.1 Å². The molecule has 2 aromatic heterocycles. The van der Waals surface area contributed by atoms with E-state index >= 15 is 0 Å². The summed E-state index contributed by atoms with van der Waals surface area (Å²) in [4.78, 5) is 28.8. The van der Waals surface area contributed by atoms with Crippen molar-refractivity contribution in [3.8, 4) is 22.6 Å². The average molecular weight is 788 g/mol. The van der Waals surface area contributed by atoms with Crippen LogP contribution in [0.4, 0.5) is 10.5 Å². The van der Waals surface area contributed by atoms with Gasteiger partial charge in [0.15, 0.2) is 0 Å². The molecule has 6 rings (SSSR count). The molecule has 0 radical (unpaired) electrons. The zero-order chi connectivity index (χ0) is 41.1. The molecule has 2 heterocycles. The van der Waals surface area contributed by atoms with Crippen molar-refractivity contribution in [3.05, 3.63) is 120 Å². The molecule has 0 saturated carbocycles. The number of aromatic nitrogens is 3. The van der Waals surface area contributed by atoms with E-state index in [1.165, 1.54) is 0 Å². The van der Waals surface area contributed by atoms with Gasteiger partial charge in [-0.25, -0.2) is 9.59 Å². The number of esters is 1. The first-order valence-corrected chi connectivity index (χ1v) is 19.6. The maximum absolute atomic E-state index is 13.4. The molecule has 12 heteroatoms. The summed E-state index contributed by atoms with van der Waals surface area (Å²) in [6, 6.07) is 27.9. The van der Waals surface area contributed by atoms with E-state index in [9.17, 15) is 9.59 Å². The summed E-state index contributed by atoms with van der Waals surface area (Å²) in [7, 11) is 1.89. The summed E-state index contributed by atoms with van der Waals surface area (Å²) in [6.07, 6.45) is 2.53. The Morgan fingerprint density at radius 2 is 1.67 bits per heavy atom. The second-order valence-corrected chi connectivity index (χ2v) is 14.7. The SMILES string of the molecule is C=CCOCc1c(-c2cccc3c(CCCOc4cccc5ccccc45)c(C(=O)OCC)[nH]c23)c(COc2ccc(NCCNC(=O)OC(C)(C)C)cc2)nn1C. The Bertz CT molecular complexity index is 2330. The molecular weight excluding hydrogens is 735 g/mol. The molecular formula is C46H53N5O7. The van der Waals surface area contributed by atoms with E-state index < -0.39 is 17.7 Å². The van der Waals surface area contributed by atoms with Crippen molar-refractivity contribution in [2.24, 2.45) is 7.05 Å². The van der Waals surface area contributed by atoms with E-state index in [4.69, 9.17) is 28.8 Å². The molecule has 1 amide bonds. The van der Waals surface area contributed by atoms with E-state index in [0.29, 0.717) is 56.3 Å². The van der Waals surface area contributed by atoms with Crippen molar-refractivity contribution in [3.63, 3.8) is 0 Å². The van der Waals surface area contributed by atoms with Gasteiger partial charge in [-0.1, -0.05) is 60.7 Å². The third-order valence-electron chi connectivity index (χ3n) is 9.33. The molecule has 6 aromatic rings. The van der Waals surface area contributed by atoms with Crippen molar-refractivity contribution in [2.75, 3.05) is 38.2 Å². The number of alkyl carbamates (subject to hydrolysis) is 1. The van der Waals surface area contributed by atoms with Gasteiger partial charge in [-0.2, -0.15) is 5.10 Å². The molecule has 3 N–H and O–H groups in total. The van der Waals surface area contributed by atoms with Crippen LogP contribution in [0.2, 0.25) is 0 Å². The van der Waals surface area contributed by atoms with E-state index in [1.807, 2.05) is 99.2 Å². The molecule has 12 nitrogen and oxygen atoms in total. The second kappa shape index (κ2) is 19.3. The number of hydrogen-bond donors (Lipinski definition) is 3. The Kier molecular flexibility index (Phi) is 13.7. The van der Waals surface area contributed by atoms with E-state index in [-0.39, 0.29) is 19.8 Å². The highest BCUT2D eigenvalue weighted by atomic mass is 16.6. The fraction of sp³-hybridized carbons (Fsp3) is 0.326. The number of fused-ring (bicyclic) bond motifs is 2. The van der Waals surface area contributed by atoms with Crippen LogP contribution in [0.25, 0.3) is 32.8 Å². The average Bonchev–Trinajstić information content (AvgIpc) is 3.74. The standard InChI is InChI=1S/C46H53N5O7/c1-7-27-54-30-39-41(38(50-51(39)6)29-57-33-23-21-32(22-24-33)47-25-26-48-45(53)58-46(3,4)5)37-18-12-17-35-36(43(49-42(35)37)44(52)55-8-2)19-13-28-56-40-20-11-15-31-14-9-10-16-34(31)40/h7,9-12,14-18,20-24,47,49H,1,8,13,19,25-30H2,2-6H3,(H,48,53). The van der Waals surface area contributed by atoms with E-state index in [2.05, 4.69) is 40.4 Å². The molecule has 0 aliphatic carbocycles. The first-order chi connectivity index (χ1) is 28.1. The number of amides is 1. The summed E-state index contributed by atoms with van der Waals surface area (Å²) in [5, 5.41) is 14.0. The van der Waals surface area contributed by atoms with Gasteiger partial charge in [-0.05, 0) is 81.8 Å². The van der Waals surface area contributed by atoms with Crippen molar-refractivity contribution in [2.45, 2.75) is 59.4 Å². The highest BCUT2D eigenvalue weighted by molar-refractivity contribution is 6.04. The monoisotopic (exact) mass is 787 g/mol. The van der Waals surface area contributed by atoms with Gasteiger partial charge in [0.1, 0.15) is 35.1 Å². The number of anilines is 1. The van der Waals surface area contributed by atoms with Gasteiger partial charge in [-0.15, -0.1) is 6.58 Å². The van der Waals surface area contributed by atoms with Gasteiger partial charge in [-0.3, -0.25) is 4.68 Å². The van der Waals surface area contributed by atoms with Crippen LogP contribution in [-0.4, -0.2) is 65.3 Å². The largest absolute Gasteiger partial charge is 0.493 e. The first kappa shape index (κ1) is 41.4. The Balaban J connectivity index is 1.22. The summed E-state index contributed by atoms with van der Waals surface area (Å²) < 4.78 is 31.2. The number of aryl methyl sites for hydroxylation is 2. The van der Waals surface area contributed by atoms with E-state index in [0.717, 1.165) is 55.5 Å². The maximum Gasteiger partial charge on any atom is 0.407 e. The van der Waals surface area contributed by atoms with Crippen LogP contribution in [0.5, 0.6) is 11.5 Å². The zero-order valence-electron chi connectivity index (χ0n) is 34.0. The van der Waals surface area contributed by atoms with Gasteiger partial charge in [0.25, 0.3) is 0 Å². The summed E-state index contributed by atoms with van der Waals surface area (Å²) in [6.45, 7) is 13.6. The van der Waals surface area contributed by atoms with Crippen molar-refractivity contribution >= 4 is 39.4 Å². The lowest BCUT2D eigenvalue weighted by Gasteiger charge is -2.19. The van der Waals surface area contributed by atoms with Crippen LogP contribution in [-0.2, 0) is 40.9 Å². The lowest BCUT2D eigenvalue weighted by molar-refractivity contribution is 0.0513. The Labute approximate surface area is 339 Å². The number of ether oxygens (including phenoxy) is 5. The molecule has 4 aromatic carbocycles. The molecule has 0 atom stereocenters. The van der Waals surface area contributed by atoms with Gasteiger partial charge < -0.3 is 39.3 Å². The lowest BCUT2D eigenvalue weighted by atomic mass is 9.98. The number of nitrogens with one attached hydrogen (secondary N) is 3. The summed E-state index contributed by atoms with van der Waals surface area (Å²) in [5.74, 6) is 1.09. The van der Waals surface area contributed by atoms with Crippen LogP contribution in [0.1, 0.15) is 61.6 Å². The predicted molar refractivity (Wildman–Crippen MR) is 228 cm³/mol. The molecule has 0 unspecified atom stereocenters. The number of hydrogen-bond acceptors (Lipinski definition) is 9. The number of carbonyl (C=O) groups excluding carboxylic acids is 2. The van der Waals surface area contributed by atoms with Crippen LogP contribution in [0, 0.1) is 0 Å². The number of benzene rings is 4. The minimum atomic E-state index is -0.549. The molecule has 0 fully saturated rings. The van der Waals surface area contributed by atoms with Crippen molar-refractivity contribution in [1.82, 2.24) is 20.1 Å². The zero-order valence-corrected chi connectivity index (χ0v) is 34.0. The Hall–Kier alpha value is -6.27. The number of H-pyrrole nitrogens is 1. The molecule has 304 valence electrons. The number of para-hydroxylation sites is 1. The normalized spacial score (nSPS) is 11.4. The van der Waals surface area contributed by atoms with E-state index in [1.54, 1.807) is 13.0 Å². The minimum absolute atomic E-state index is 0.178. The Morgan fingerprint density at radius 3 is 2.45 bits per heavy atom. The molecule has 0 bridgehead atoms. The fourth-order valence-corrected chi connectivity index (χ4v) is 6.81. The van der Waals surface area contributed by atoms with Gasteiger partial charge in [0.05, 0.1) is 37.6 Å².